The van der Waals surface area contributed by atoms with Crippen LogP contribution in [0.3, 0.4) is 0 Å². The minimum atomic E-state index is -1.02. The fourth-order valence-corrected chi connectivity index (χ4v) is 1.79. The monoisotopic (exact) mass is 279 g/mol. The van der Waals surface area contributed by atoms with Crippen LogP contribution in [0.15, 0.2) is 18.2 Å². The summed E-state index contributed by atoms with van der Waals surface area (Å²) in [6, 6.07) is 4.37. The lowest BCUT2D eigenvalue weighted by Gasteiger charge is -2.23. The number of carboxylic acids is 1. The Kier molecular flexibility index (Phi) is 5.96. The zero-order valence-corrected chi connectivity index (χ0v) is 12.1. The average Bonchev–Trinajstić information content (AvgIpc) is 2.41. The second kappa shape index (κ2) is 7.47. The number of nitrogens with one attached hydrogen (secondary N) is 1. The maximum Gasteiger partial charge on any atom is 0.326 e. The van der Waals surface area contributed by atoms with E-state index in [0.29, 0.717) is 19.5 Å². The minimum absolute atomic E-state index is 0.349. The standard InChI is InChI=1S/C14H21N3O3/c1-4-12(13(18)19)16-14(20)17(5-2)9-11-8-6-7-10(3)15-11/h6-8,12H,4-5,9H2,1-3H3,(H,16,20)(H,18,19)/t12-/m0/s1. The summed E-state index contributed by atoms with van der Waals surface area (Å²) in [6.07, 6.45) is 0.349. The number of carboxylic acid groups (broad SMARTS) is 1. The Bertz CT molecular complexity index is 476. The molecule has 0 aliphatic carbocycles. The molecule has 20 heavy (non-hydrogen) atoms. The molecular formula is C14H21N3O3. The van der Waals surface area contributed by atoms with E-state index in [4.69, 9.17) is 5.11 Å². The summed E-state index contributed by atoms with van der Waals surface area (Å²) in [6.45, 7) is 6.30. The highest BCUT2D eigenvalue weighted by molar-refractivity contribution is 5.82. The molecule has 0 aliphatic rings. The molecule has 2 N–H and O–H groups in total. The summed E-state index contributed by atoms with van der Waals surface area (Å²) in [5.74, 6) is -1.02. The van der Waals surface area contributed by atoms with E-state index in [1.807, 2.05) is 32.0 Å². The van der Waals surface area contributed by atoms with E-state index in [-0.39, 0.29) is 6.03 Å². The molecule has 0 fully saturated rings. The third kappa shape index (κ3) is 4.53. The van der Waals surface area contributed by atoms with Crippen molar-refractivity contribution < 1.29 is 14.7 Å². The number of amides is 2. The molecule has 110 valence electrons. The summed E-state index contributed by atoms with van der Waals surface area (Å²) in [5, 5.41) is 11.5. The zero-order valence-electron chi connectivity index (χ0n) is 12.1. The summed E-state index contributed by atoms with van der Waals surface area (Å²) >= 11 is 0. The molecule has 0 unspecified atom stereocenters. The molecule has 0 bridgehead atoms. The highest BCUT2D eigenvalue weighted by Crippen LogP contribution is 2.04. The van der Waals surface area contributed by atoms with Crippen molar-refractivity contribution in [2.45, 2.75) is 39.8 Å². The van der Waals surface area contributed by atoms with Crippen molar-refractivity contribution in [1.82, 2.24) is 15.2 Å². The van der Waals surface area contributed by atoms with Gasteiger partial charge in [-0.05, 0) is 32.4 Å². The van der Waals surface area contributed by atoms with E-state index in [0.717, 1.165) is 11.4 Å². The first-order chi connectivity index (χ1) is 9.47. The topological polar surface area (TPSA) is 82.5 Å². The molecule has 0 aliphatic heterocycles. The molecule has 0 saturated carbocycles. The van der Waals surface area contributed by atoms with E-state index >= 15 is 0 Å². The lowest BCUT2D eigenvalue weighted by molar-refractivity contribution is -0.139. The molecule has 0 spiro atoms. The smallest absolute Gasteiger partial charge is 0.326 e. The fraction of sp³-hybridized carbons (Fsp3) is 0.500. The number of rotatable bonds is 6. The van der Waals surface area contributed by atoms with Crippen molar-refractivity contribution in [3.63, 3.8) is 0 Å². The van der Waals surface area contributed by atoms with Crippen LogP contribution < -0.4 is 5.32 Å². The molecule has 2 amide bonds. The van der Waals surface area contributed by atoms with Crippen molar-refractivity contribution in [2.75, 3.05) is 6.54 Å². The molecule has 1 atom stereocenters. The van der Waals surface area contributed by atoms with E-state index in [9.17, 15) is 9.59 Å². The van der Waals surface area contributed by atoms with Gasteiger partial charge in [-0.25, -0.2) is 9.59 Å². The number of hydrogen-bond acceptors (Lipinski definition) is 3. The van der Waals surface area contributed by atoms with Gasteiger partial charge in [-0.3, -0.25) is 4.98 Å². The first kappa shape index (κ1) is 15.9. The van der Waals surface area contributed by atoms with Gasteiger partial charge in [0.25, 0.3) is 0 Å². The van der Waals surface area contributed by atoms with Crippen molar-refractivity contribution in [1.29, 1.82) is 0 Å². The van der Waals surface area contributed by atoms with Gasteiger partial charge < -0.3 is 15.3 Å². The first-order valence-electron chi connectivity index (χ1n) is 6.68. The predicted molar refractivity (Wildman–Crippen MR) is 75.3 cm³/mol. The van der Waals surface area contributed by atoms with E-state index in [2.05, 4.69) is 10.3 Å². The quantitative estimate of drug-likeness (QED) is 0.831. The number of aliphatic carboxylic acids is 1. The van der Waals surface area contributed by atoms with Crippen LogP contribution in [-0.2, 0) is 11.3 Å². The van der Waals surface area contributed by atoms with Gasteiger partial charge in [0, 0.05) is 12.2 Å². The molecule has 1 aromatic heterocycles. The van der Waals surface area contributed by atoms with Crippen LogP contribution in [0.5, 0.6) is 0 Å². The largest absolute Gasteiger partial charge is 0.480 e. The molecule has 0 saturated heterocycles. The first-order valence-corrected chi connectivity index (χ1v) is 6.68. The number of aryl methyl sites for hydroxylation is 1. The maximum absolute atomic E-state index is 12.1. The third-order valence-electron chi connectivity index (χ3n) is 2.97. The number of carbonyl (C=O) groups is 2. The Labute approximate surface area is 118 Å². The SMILES string of the molecule is CC[C@H](NC(=O)N(CC)Cc1cccc(C)n1)C(=O)O. The van der Waals surface area contributed by atoms with Gasteiger partial charge in [-0.2, -0.15) is 0 Å². The Morgan fingerprint density at radius 1 is 1.40 bits per heavy atom. The molecule has 1 aromatic rings. The Morgan fingerprint density at radius 3 is 2.60 bits per heavy atom. The maximum atomic E-state index is 12.1. The summed E-state index contributed by atoms with van der Waals surface area (Å²) < 4.78 is 0. The third-order valence-corrected chi connectivity index (χ3v) is 2.97. The minimum Gasteiger partial charge on any atom is -0.480 e. The van der Waals surface area contributed by atoms with Crippen LogP contribution in [-0.4, -0.2) is 39.6 Å². The molecule has 0 aromatic carbocycles. The van der Waals surface area contributed by atoms with Gasteiger partial charge in [0.05, 0.1) is 12.2 Å². The molecule has 1 heterocycles. The van der Waals surface area contributed by atoms with Crippen LogP contribution in [0.2, 0.25) is 0 Å². The Hall–Kier alpha value is -2.11. The van der Waals surface area contributed by atoms with Gasteiger partial charge in [0.2, 0.25) is 0 Å². The summed E-state index contributed by atoms with van der Waals surface area (Å²) in [5.41, 5.74) is 1.67. The number of pyridine rings is 1. The van der Waals surface area contributed by atoms with Crippen LogP contribution in [0, 0.1) is 6.92 Å². The van der Waals surface area contributed by atoms with Gasteiger partial charge in [0.1, 0.15) is 6.04 Å². The lowest BCUT2D eigenvalue weighted by atomic mass is 10.2. The van der Waals surface area contributed by atoms with Crippen molar-refractivity contribution in [3.8, 4) is 0 Å². The molecular weight excluding hydrogens is 258 g/mol. The van der Waals surface area contributed by atoms with Crippen LogP contribution >= 0.6 is 0 Å². The number of urea groups is 1. The normalized spacial score (nSPS) is 11.8. The predicted octanol–water partition coefficient (Wildman–Crippen LogP) is 1.78. The molecule has 1 rings (SSSR count). The highest BCUT2D eigenvalue weighted by Gasteiger charge is 2.21. The van der Waals surface area contributed by atoms with Gasteiger partial charge in [-0.1, -0.05) is 13.0 Å². The Morgan fingerprint density at radius 2 is 2.10 bits per heavy atom. The molecule has 6 nitrogen and oxygen atoms in total. The summed E-state index contributed by atoms with van der Waals surface area (Å²) in [4.78, 5) is 28.9. The van der Waals surface area contributed by atoms with E-state index < -0.39 is 12.0 Å². The number of aromatic nitrogens is 1. The number of carbonyl (C=O) groups excluding carboxylic acids is 1. The second-order valence-corrected chi connectivity index (χ2v) is 4.53. The second-order valence-electron chi connectivity index (χ2n) is 4.53. The van der Waals surface area contributed by atoms with Crippen LogP contribution in [0.4, 0.5) is 4.79 Å². The van der Waals surface area contributed by atoms with E-state index in [1.165, 1.54) is 4.90 Å². The van der Waals surface area contributed by atoms with Crippen molar-refractivity contribution in [3.05, 3.63) is 29.6 Å². The average molecular weight is 279 g/mol. The van der Waals surface area contributed by atoms with Gasteiger partial charge in [-0.15, -0.1) is 0 Å². The fourth-order valence-electron chi connectivity index (χ4n) is 1.79. The van der Waals surface area contributed by atoms with Crippen molar-refractivity contribution in [2.24, 2.45) is 0 Å². The number of hydrogen-bond donors (Lipinski definition) is 2. The van der Waals surface area contributed by atoms with Crippen LogP contribution in [0.1, 0.15) is 31.7 Å². The zero-order chi connectivity index (χ0) is 15.1. The lowest BCUT2D eigenvalue weighted by Crippen LogP contribution is -2.47. The van der Waals surface area contributed by atoms with Crippen molar-refractivity contribution >= 4 is 12.0 Å². The van der Waals surface area contributed by atoms with E-state index in [1.54, 1.807) is 6.92 Å². The molecule has 6 heteroatoms. The highest BCUT2D eigenvalue weighted by atomic mass is 16.4. The van der Waals surface area contributed by atoms with Gasteiger partial charge >= 0.3 is 12.0 Å². The Balaban J connectivity index is 2.70. The molecule has 0 radical (unpaired) electrons. The summed E-state index contributed by atoms with van der Waals surface area (Å²) in [7, 11) is 0. The van der Waals surface area contributed by atoms with Gasteiger partial charge in [0.15, 0.2) is 0 Å². The van der Waals surface area contributed by atoms with Crippen LogP contribution in [0.25, 0.3) is 0 Å². The number of nitrogens with zero attached hydrogens (tertiary/aromatic N) is 2.